The molecule has 2 unspecified atom stereocenters. The van der Waals surface area contributed by atoms with Gasteiger partial charge in [0, 0.05) is 33.4 Å². The number of furan rings is 1. The lowest BCUT2D eigenvalue weighted by Crippen LogP contribution is -2.32. The molecule has 4 heterocycles. The van der Waals surface area contributed by atoms with Crippen molar-refractivity contribution in [1.29, 1.82) is 0 Å². The van der Waals surface area contributed by atoms with Crippen molar-refractivity contribution in [3.8, 4) is 22.6 Å². The minimum atomic E-state index is -0.119. The van der Waals surface area contributed by atoms with Crippen LogP contribution in [0.4, 0.5) is 11.4 Å². The van der Waals surface area contributed by atoms with Crippen LogP contribution in [0.2, 0.25) is 0 Å². The highest BCUT2D eigenvalue weighted by atomic mass is 16.5. The zero-order valence-corrected chi connectivity index (χ0v) is 25.6. The van der Waals surface area contributed by atoms with Crippen LogP contribution in [0.5, 0.6) is 5.75 Å². The molecular formula is C42H30N2O2. The number of fused-ring (bicyclic) bond motifs is 10. The van der Waals surface area contributed by atoms with Gasteiger partial charge in [0.05, 0.1) is 16.8 Å². The van der Waals surface area contributed by atoms with Crippen molar-refractivity contribution in [2.75, 3.05) is 4.90 Å². The third kappa shape index (κ3) is 3.55. The Kier molecular flexibility index (Phi) is 5.22. The summed E-state index contributed by atoms with van der Waals surface area (Å²) < 4.78 is 15.6. The molecule has 0 fully saturated rings. The number of aromatic nitrogens is 1. The van der Waals surface area contributed by atoms with Gasteiger partial charge in [0.2, 0.25) is 5.71 Å². The van der Waals surface area contributed by atoms with Crippen molar-refractivity contribution in [2.24, 2.45) is 0 Å². The van der Waals surface area contributed by atoms with E-state index in [0.29, 0.717) is 0 Å². The van der Waals surface area contributed by atoms with Gasteiger partial charge < -0.3 is 14.1 Å². The molecule has 4 heteroatoms. The van der Waals surface area contributed by atoms with Crippen molar-refractivity contribution >= 4 is 44.3 Å². The predicted molar refractivity (Wildman–Crippen MR) is 187 cm³/mol. The smallest absolute Gasteiger partial charge is 0.213 e. The Labute approximate surface area is 266 Å². The summed E-state index contributed by atoms with van der Waals surface area (Å²) in [5.74, 6) is 1.14. The van der Waals surface area contributed by atoms with E-state index in [9.17, 15) is 0 Å². The lowest BCUT2D eigenvalue weighted by atomic mass is 9.91. The van der Waals surface area contributed by atoms with Crippen molar-refractivity contribution in [3.05, 3.63) is 156 Å². The van der Waals surface area contributed by atoms with E-state index in [2.05, 4.69) is 157 Å². The Balaban J connectivity index is 1.18. The van der Waals surface area contributed by atoms with E-state index in [1.165, 1.54) is 38.9 Å². The van der Waals surface area contributed by atoms with Crippen LogP contribution in [-0.4, -0.2) is 10.8 Å². The fraction of sp³-hybridized carbons (Fsp3) is 0.0952. The molecule has 0 aliphatic carbocycles. The average Bonchev–Trinajstić information content (AvgIpc) is 3.80. The molecule has 0 radical (unpaired) electrons. The molecule has 10 rings (SSSR count). The van der Waals surface area contributed by atoms with Crippen LogP contribution < -0.4 is 9.64 Å². The maximum absolute atomic E-state index is 6.71. The lowest BCUT2D eigenvalue weighted by molar-refractivity contribution is 0.234. The first-order chi connectivity index (χ1) is 22.6. The zero-order valence-electron chi connectivity index (χ0n) is 25.6. The van der Waals surface area contributed by atoms with Crippen molar-refractivity contribution in [2.45, 2.75) is 26.0 Å². The third-order valence-electron chi connectivity index (χ3n) is 9.84. The Morgan fingerprint density at radius 3 is 2.09 bits per heavy atom. The Hall–Kier alpha value is -5.74. The predicted octanol–water partition coefficient (Wildman–Crippen LogP) is 10.8. The second-order valence-electron chi connectivity index (χ2n) is 12.7. The maximum atomic E-state index is 6.71. The largest absolute Gasteiger partial charge is 0.469 e. The van der Waals surface area contributed by atoms with Crippen LogP contribution in [0.3, 0.4) is 0 Å². The minimum absolute atomic E-state index is 0.119. The molecule has 220 valence electrons. The van der Waals surface area contributed by atoms with Crippen LogP contribution in [-0.2, 0) is 0 Å². The van der Waals surface area contributed by atoms with Crippen LogP contribution in [0, 0.1) is 13.8 Å². The van der Waals surface area contributed by atoms with Crippen LogP contribution in [0.25, 0.3) is 49.8 Å². The molecule has 2 atom stereocenters. The van der Waals surface area contributed by atoms with E-state index < -0.39 is 0 Å². The van der Waals surface area contributed by atoms with Gasteiger partial charge in [-0.15, -0.1) is 0 Å². The fourth-order valence-corrected chi connectivity index (χ4v) is 7.74. The van der Waals surface area contributed by atoms with Gasteiger partial charge in [-0.1, -0.05) is 84.9 Å². The number of benzene rings is 6. The normalized spacial score (nSPS) is 16.6. The summed E-state index contributed by atoms with van der Waals surface area (Å²) in [6, 6.07) is 48.0. The molecule has 0 spiro atoms. The number of anilines is 2. The summed E-state index contributed by atoms with van der Waals surface area (Å²) in [4.78, 5) is 2.38. The number of para-hydroxylation sites is 2. The van der Waals surface area contributed by atoms with Crippen LogP contribution in [0.15, 0.2) is 138 Å². The molecule has 2 aromatic heterocycles. The number of aryl methyl sites for hydroxylation is 2. The average molecular weight is 595 g/mol. The Morgan fingerprint density at radius 1 is 0.587 bits per heavy atom. The van der Waals surface area contributed by atoms with Crippen LogP contribution in [0.1, 0.15) is 28.2 Å². The monoisotopic (exact) mass is 594 g/mol. The van der Waals surface area contributed by atoms with Crippen molar-refractivity contribution in [3.63, 3.8) is 0 Å². The first-order valence-corrected chi connectivity index (χ1v) is 15.9. The van der Waals surface area contributed by atoms with Gasteiger partial charge in [-0.3, -0.25) is 4.57 Å². The van der Waals surface area contributed by atoms with E-state index >= 15 is 0 Å². The number of nitrogens with zero attached hydrogens (tertiary/aromatic N) is 2. The summed E-state index contributed by atoms with van der Waals surface area (Å²) in [7, 11) is 0. The molecule has 0 N–H and O–H groups in total. The Morgan fingerprint density at radius 2 is 1.26 bits per heavy atom. The molecule has 4 nitrogen and oxygen atoms in total. The topological polar surface area (TPSA) is 30.5 Å². The highest BCUT2D eigenvalue weighted by Crippen LogP contribution is 2.55. The second kappa shape index (κ2) is 9.38. The summed E-state index contributed by atoms with van der Waals surface area (Å²) >= 11 is 0. The molecular weight excluding hydrogens is 564 g/mol. The molecule has 0 saturated heterocycles. The second-order valence-corrected chi connectivity index (χ2v) is 12.7. The van der Waals surface area contributed by atoms with E-state index in [-0.39, 0.29) is 12.1 Å². The van der Waals surface area contributed by atoms with E-state index in [0.717, 1.165) is 50.3 Å². The maximum Gasteiger partial charge on any atom is 0.213 e. The molecule has 2 aliphatic rings. The van der Waals surface area contributed by atoms with Gasteiger partial charge >= 0.3 is 0 Å². The van der Waals surface area contributed by atoms with Crippen LogP contribution >= 0.6 is 0 Å². The minimum Gasteiger partial charge on any atom is -0.469 e. The zero-order chi connectivity index (χ0) is 30.5. The van der Waals surface area contributed by atoms with Gasteiger partial charge in [-0.25, -0.2) is 0 Å². The van der Waals surface area contributed by atoms with Gasteiger partial charge in [0.15, 0.2) is 6.23 Å². The van der Waals surface area contributed by atoms with Gasteiger partial charge in [0.25, 0.3) is 0 Å². The highest BCUT2D eigenvalue weighted by Gasteiger charge is 2.47. The number of ether oxygens (including phenoxy) is 1. The van der Waals surface area contributed by atoms with Crippen molar-refractivity contribution in [1.82, 2.24) is 4.57 Å². The molecule has 0 bridgehead atoms. The molecule has 46 heavy (non-hydrogen) atoms. The quantitative estimate of drug-likeness (QED) is 0.204. The van der Waals surface area contributed by atoms with E-state index in [1.54, 1.807) is 0 Å². The van der Waals surface area contributed by atoms with Crippen molar-refractivity contribution < 1.29 is 9.15 Å². The standard InChI is InChI=1S/C42H30N2O2/c1-25-13-17-33-37(21-25)45-41-39(33)31-19-15-27(23-35(31)43(41)29-9-5-3-6-10-29)28-16-20-32-36(24-28)44(30-11-7-4-8-12-30)42-40(32)34-18-14-26(2)22-38(34)46-42/h3-24,39,41H,1-2H3. The van der Waals surface area contributed by atoms with E-state index in [4.69, 9.17) is 9.15 Å². The molecule has 0 amide bonds. The summed E-state index contributed by atoms with van der Waals surface area (Å²) in [5.41, 5.74) is 13.6. The SMILES string of the molecule is Cc1ccc2c(c1)OC1C2c2ccc(-c3ccc4c5c6ccc(C)cc6oc5n(-c5ccccc5)c4c3)cc2N1c1ccccc1. The summed E-state index contributed by atoms with van der Waals surface area (Å²) in [6.45, 7) is 4.23. The first kappa shape index (κ1) is 25.6. The Bertz CT molecular complexity index is 2490. The molecule has 6 aromatic carbocycles. The third-order valence-corrected chi connectivity index (χ3v) is 9.84. The fourth-order valence-electron chi connectivity index (χ4n) is 7.74. The summed E-state index contributed by atoms with van der Waals surface area (Å²) in [6.07, 6.45) is -0.119. The van der Waals surface area contributed by atoms with E-state index in [1.807, 2.05) is 0 Å². The van der Waals surface area contributed by atoms with Gasteiger partial charge in [-0.2, -0.15) is 0 Å². The highest BCUT2D eigenvalue weighted by molar-refractivity contribution is 6.20. The lowest BCUT2D eigenvalue weighted by Gasteiger charge is -2.27. The summed E-state index contributed by atoms with van der Waals surface area (Å²) in [5, 5.41) is 3.49. The first-order valence-electron chi connectivity index (χ1n) is 15.9. The molecule has 0 saturated carbocycles. The van der Waals surface area contributed by atoms with Gasteiger partial charge in [0.1, 0.15) is 11.3 Å². The molecule has 8 aromatic rings. The number of rotatable bonds is 3. The number of hydrogen-bond acceptors (Lipinski definition) is 3. The molecule has 2 aliphatic heterocycles. The van der Waals surface area contributed by atoms with Gasteiger partial charge in [-0.05, 0) is 90.2 Å². The number of hydrogen-bond donors (Lipinski definition) is 0.